The number of carbonyl (C=O) groups excluding carboxylic acids is 2. The molecule has 6 heteroatoms. The first-order chi connectivity index (χ1) is 17.2. The van der Waals surface area contributed by atoms with E-state index in [1.54, 1.807) is 0 Å². The highest BCUT2D eigenvalue weighted by atomic mass is 16.5. The molecule has 1 aliphatic heterocycles. The van der Waals surface area contributed by atoms with Gasteiger partial charge in [-0.3, -0.25) is 9.59 Å². The van der Waals surface area contributed by atoms with Gasteiger partial charge in [-0.15, -0.1) is 0 Å². The second-order valence-corrected chi connectivity index (χ2v) is 8.74. The van der Waals surface area contributed by atoms with Crippen molar-refractivity contribution in [2.24, 2.45) is 0 Å². The number of nitrogens with one attached hydrogen (secondary N) is 1. The Morgan fingerprint density at radius 2 is 1.57 bits per heavy atom. The summed E-state index contributed by atoms with van der Waals surface area (Å²) in [4.78, 5) is 27.7. The standard InChI is InChI=1S/C29H28N2O4/c32-28(30-19-21-13-15-22(16-14-21)29(33)31-17-7-2-8-18-31)27-25(20-34-23-9-3-1-4-10-23)24-11-5-6-12-26(24)35-27/h1,3-6,9-16H,2,7-8,17-20H2,(H,30,32). The van der Waals surface area contributed by atoms with Gasteiger partial charge in [0.2, 0.25) is 0 Å². The first kappa shape index (κ1) is 22.7. The number of benzene rings is 3. The summed E-state index contributed by atoms with van der Waals surface area (Å²) in [6.45, 7) is 2.19. The quantitative estimate of drug-likeness (QED) is 0.385. The number of hydrogen-bond acceptors (Lipinski definition) is 4. The normalized spacial score (nSPS) is 13.5. The number of rotatable bonds is 7. The van der Waals surface area contributed by atoms with Crippen LogP contribution in [0, 0.1) is 0 Å². The molecule has 0 saturated carbocycles. The third kappa shape index (κ3) is 5.22. The van der Waals surface area contributed by atoms with Gasteiger partial charge in [0.15, 0.2) is 5.76 Å². The van der Waals surface area contributed by atoms with Crippen molar-refractivity contribution < 1.29 is 18.7 Å². The number of carbonyl (C=O) groups is 2. The molecule has 1 aliphatic rings. The molecule has 0 aliphatic carbocycles. The molecule has 0 atom stereocenters. The zero-order chi connectivity index (χ0) is 24.0. The van der Waals surface area contributed by atoms with Crippen LogP contribution in [0.5, 0.6) is 5.75 Å². The first-order valence-corrected chi connectivity index (χ1v) is 12.0. The lowest BCUT2D eigenvalue weighted by atomic mass is 10.1. The molecule has 35 heavy (non-hydrogen) atoms. The molecule has 1 N–H and O–H groups in total. The van der Waals surface area contributed by atoms with E-state index in [2.05, 4.69) is 5.32 Å². The van der Waals surface area contributed by atoms with Gasteiger partial charge in [-0.2, -0.15) is 0 Å². The smallest absolute Gasteiger partial charge is 0.287 e. The zero-order valence-electron chi connectivity index (χ0n) is 19.5. The van der Waals surface area contributed by atoms with Crippen molar-refractivity contribution in [1.29, 1.82) is 0 Å². The summed E-state index contributed by atoms with van der Waals surface area (Å²) in [5, 5.41) is 3.80. The average molecular weight is 469 g/mol. The van der Waals surface area contributed by atoms with Crippen molar-refractivity contribution in [1.82, 2.24) is 10.2 Å². The van der Waals surface area contributed by atoms with Gasteiger partial charge in [0, 0.05) is 36.1 Å². The van der Waals surface area contributed by atoms with Crippen LogP contribution in [-0.2, 0) is 13.2 Å². The van der Waals surface area contributed by atoms with E-state index in [0.29, 0.717) is 23.3 Å². The third-order valence-electron chi connectivity index (χ3n) is 6.33. The fraction of sp³-hybridized carbons (Fsp3) is 0.241. The Hall–Kier alpha value is -4.06. The van der Waals surface area contributed by atoms with Crippen molar-refractivity contribution in [3.63, 3.8) is 0 Å². The second-order valence-electron chi connectivity index (χ2n) is 8.74. The van der Waals surface area contributed by atoms with Gasteiger partial charge < -0.3 is 19.4 Å². The van der Waals surface area contributed by atoms with Crippen molar-refractivity contribution in [2.75, 3.05) is 13.1 Å². The predicted octanol–water partition coefficient (Wildman–Crippen LogP) is 5.57. The summed E-state index contributed by atoms with van der Waals surface area (Å²) in [5.74, 6) is 0.745. The Balaban J connectivity index is 1.27. The Morgan fingerprint density at radius 1 is 0.857 bits per heavy atom. The number of fused-ring (bicyclic) bond motifs is 1. The molecule has 2 amide bonds. The number of piperidine rings is 1. The second kappa shape index (κ2) is 10.5. The molecule has 178 valence electrons. The summed E-state index contributed by atoms with van der Waals surface area (Å²) in [7, 11) is 0. The monoisotopic (exact) mass is 468 g/mol. The summed E-state index contributed by atoms with van der Waals surface area (Å²) in [5.41, 5.74) is 2.95. The van der Waals surface area contributed by atoms with E-state index in [4.69, 9.17) is 9.15 Å². The molecule has 0 spiro atoms. The lowest BCUT2D eigenvalue weighted by Gasteiger charge is -2.26. The van der Waals surface area contributed by atoms with E-state index < -0.39 is 0 Å². The number of hydrogen-bond donors (Lipinski definition) is 1. The van der Waals surface area contributed by atoms with Crippen molar-refractivity contribution in [2.45, 2.75) is 32.4 Å². The molecule has 1 aromatic heterocycles. The van der Waals surface area contributed by atoms with E-state index >= 15 is 0 Å². The van der Waals surface area contributed by atoms with Gasteiger partial charge >= 0.3 is 0 Å². The molecule has 4 aromatic rings. The maximum Gasteiger partial charge on any atom is 0.287 e. The van der Waals surface area contributed by atoms with Crippen LogP contribution in [-0.4, -0.2) is 29.8 Å². The zero-order valence-corrected chi connectivity index (χ0v) is 19.5. The summed E-state index contributed by atoms with van der Waals surface area (Å²) >= 11 is 0. The molecule has 3 aromatic carbocycles. The van der Waals surface area contributed by atoms with Gasteiger partial charge in [-0.1, -0.05) is 48.5 Å². The Morgan fingerprint density at radius 3 is 2.34 bits per heavy atom. The number of nitrogens with zero attached hydrogens (tertiary/aromatic N) is 1. The van der Waals surface area contributed by atoms with Crippen LogP contribution >= 0.6 is 0 Å². The van der Waals surface area contributed by atoms with E-state index in [9.17, 15) is 9.59 Å². The summed E-state index contributed by atoms with van der Waals surface area (Å²) in [6, 6.07) is 24.5. The lowest BCUT2D eigenvalue weighted by molar-refractivity contribution is 0.0724. The van der Waals surface area contributed by atoms with Crippen LogP contribution < -0.4 is 10.1 Å². The number of amides is 2. The average Bonchev–Trinajstić information content (AvgIpc) is 3.30. The molecule has 2 heterocycles. The van der Waals surface area contributed by atoms with Gasteiger partial charge in [0.05, 0.1) is 0 Å². The van der Waals surface area contributed by atoms with E-state index in [1.165, 1.54) is 6.42 Å². The maximum absolute atomic E-state index is 13.1. The van der Waals surface area contributed by atoms with Gasteiger partial charge in [-0.05, 0) is 55.2 Å². The molecule has 1 fully saturated rings. The molecule has 6 nitrogen and oxygen atoms in total. The van der Waals surface area contributed by atoms with Crippen molar-refractivity contribution in [3.05, 3.63) is 101 Å². The largest absolute Gasteiger partial charge is 0.489 e. The Labute approximate surface area is 204 Å². The van der Waals surface area contributed by atoms with Gasteiger partial charge in [0.25, 0.3) is 11.8 Å². The van der Waals surface area contributed by atoms with Gasteiger partial charge in [0.1, 0.15) is 17.9 Å². The molecular weight excluding hydrogens is 440 g/mol. The topological polar surface area (TPSA) is 71.8 Å². The van der Waals surface area contributed by atoms with Crippen molar-refractivity contribution in [3.8, 4) is 5.75 Å². The highest BCUT2D eigenvalue weighted by molar-refractivity contribution is 5.99. The summed E-state index contributed by atoms with van der Waals surface area (Å²) in [6.07, 6.45) is 3.32. The molecule has 0 unspecified atom stereocenters. The minimum Gasteiger partial charge on any atom is -0.489 e. The predicted molar refractivity (Wildman–Crippen MR) is 134 cm³/mol. The molecule has 5 rings (SSSR count). The fourth-order valence-corrected chi connectivity index (χ4v) is 4.41. The minimum atomic E-state index is -0.304. The Bertz CT molecular complexity index is 1310. The van der Waals surface area contributed by atoms with E-state index in [1.807, 2.05) is 83.8 Å². The molecule has 1 saturated heterocycles. The fourth-order valence-electron chi connectivity index (χ4n) is 4.41. The van der Waals surface area contributed by atoms with Crippen LogP contribution in [0.25, 0.3) is 11.0 Å². The van der Waals surface area contributed by atoms with Crippen LogP contribution in [0.3, 0.4) is 0 Å². The first-order valence-electron chi connectivity index (χ1n) is 12.0. The molecule has 0 radical (unpaired) electrons. The highest BCUT2D eigenvalue weighted by Gasteiger charge is 2.21. The Kier molecular flexibility index (Phi) is 6.80. The van der Waals surface area contributed by atoms with Crippen LogP contribution in [0.1, 0.15) is 51.3 Å². The van der Waals surface area contributed by atoms with Crippen LogP contribution in [0.2, 0.25) is 0 Å². The highest BCUT2D eigenvalue weighted by Crippen LogP contribution is 2.27. The lowest BCUT2D eigenvalue weighted by Crippen LogP contribution is -2.35. The number of ether oxygens (including phenoxy) is 1. The number of furan rings is 1. The minimum absolute atomic E-state index is 0.0746. The maximum atomic E-state index is 13.1. The van der Waals surface area contributed by atoms with Crippen LogP contribution in [0.4, 0.5) is 0 Å². The summed E-state index contributed by atoms with van der Waals surface area (Å²) < 4.78 is 11.8. The van der Waals surface area contributed by atoms with E-state index in [0.717, 1.165) is 42.6 Å². The number of likely N-dealkylation sites (tertiary alicyclic amines) is 1. The third-order valence-corrected chi connectivity index (χ3v) is 6.33. The van der Waals surface area contributed by atoms with Crippen molar-refractivity contribution >= 4 is 22.8 Å². The SMILES string of the molecule is O=C(NCc1ccc(C(=O)N2CCCCC2)cc1)c1oc2ccccc2c1COc1ccccc1. The molecular formula is C29H28N2O4. The van der Waals surface area contributed by atoms with Crippen LogP contribution in [0.15, 0.2) is 83.3 Å². The molecule has 0 bridgehead atoms. The van der Waals surface area contributed by atoms with E-state index in [-0.39, 0.29) is 24.2 Å². The number of para-hydroxylation sites is 2. The van der Waals surface area contributed by atoms with Gasteiger partial charge in [-0.25, -0.2) is 0 Å².